The summed E-state index contributed by atoms with van der Waals surface area (Å²) in [5.41, 5.74) is 1.40. The van der Waals surface area contributed by atoms with Gasteiger partial charge in [0.25, 0.3) is 5.91 Å². The topological polar surface area (TPSA) is 103 Å². The third kappa shape index (κ3) is 2.57. The first-order valence-corrected chi connectivity index (χ1v) is 7.62. The van der Waals surface area contributed by atoms with Crippen LogP contribution >= 0.6 is 0 Å². The van der Waals surface area contributed by atoms with E-state index < -0.39 is 11.9 Å². The largest absolute Gasteiger partial charge is 0.479 e. The lowest BCUT2D eigenvalue weighted by Gasteiger charge is -2.23. The lowest BCUT2D eigenvalue weighted by atomic mass is 10.1. The van der Waals surface area contributed by atoms with Crippen molar-refractivity contribution < 1.29 is 18.7 Å². The maximum absolute atomic E-state index is 12.6. The van der Waals surface area contributed by atoms with Gasteiger partial charge in [0.2, 0.25) is 0 Å². The number of carbonyl (C=O) groups excluding carboxylic acids is 2. The van der Waals surface area contributed by atoms with Crippen LogP contribution in [0.3, 0.4) is 0 Å². The van der Waals surface area contributed by atoms with Gasteiger partial charge in [0, 0.05) is 11.8 Å². The van der Waals surface area contributed by atoms with Gasteiger partial charge in [-0.3, -0.25) is 14.2 Å². The molecule has 25 heavy (non-hydrogen) atoms. The first-order valence-electron chi connectivity index (χ1n) is 7.62. The number of benzene rings is 1. The van der Waals surface area contributed by atoms with Crippen LogP contribution in [-0.2, 0) is 11.3 Å². The molecule has 8 nitrogen and oxygen atoms in total. The standard InChI is InChI=1S/C17H13N3O5/c1-9-16(22)19-11-7-10(4-5-13(11)24-9)12(21)8-20-15-14(25-17(20)23)3-2-6-18-15/h2-7,9H,8H2,1H3,(H,19,22). The zero-order chi connectivity index (χ0) is 17.6. The van der Waals surface area contributed by atoms with E-state index in [9.17, 15) is 14.4 Å². The molecule has 0 saturated carbocycles. The van der Waals surface area contributed by atoms with Gasteiger partial charge >= 0.3 is 5.76 Å². The summed E-state index contributed by atoms with van der Waals surface area (Å²) in [6.45, 7) is 1.42. The van der Waals surface area contributed by atoms with Crippen molar-refractivity contribution in [3.05, 3.63) is 52.6 Å². The number of aromatic nitrogens is 2. The summed E-state index contributed by atoms with van der Waals surface area (Å²) < 4.78 is 11.7. The molecular weight excluding hydrogens is 326 g/mol. The minimum absolute atomic E-state index is 0.215. The molecule has 4 rings (SSSR count). The molecule has 126 valence electrons. The van der Waals surface area contributed by atoms with Crippen molar-refractivity contribution in [2.75, 3.05) is 5.32 Å². The molecule has 0 fully saturated rings. The maximum atomic E-state index is 12.6. The average Bonchev–Trinajstić information content (AvgIpc) is 2.91. The summed E-state index contributed by atoms with van der Waals surface area (Å²) in [7, 11) is 0. The monoisotopic (exact) mass is 339 g/mol. The molecule has 0 bridgehead atoms. The molecule has 1 unspecified atom stereocenters. The van der Waals surface area contributed by atoms with Gasteiger partial charge in [0.05, 0.1) is 12.2 Å². The molecule has 1 aliphatic heterocycles. The number of carbonyl (C=O) groups is 2. The second kappa shape index (κ2) is 5.59. The van der Waals surface area contributed by atoms with Crippen LogP contribution in [0.25, 0.3) is 11.2 Å². The number of anilines is 1. The van der Waals surface area contributed by atoms with E-state index in [4.69, 9.17) is 9.15 Å². The van der Waals surface area contributed by atoms with E-state index in [1.165, 1.54) is 16.8 Å². The third-order valence-electron chi connectivity index (χ3n) is 3.96. The molecule has 1 amide bonds. The molecule has 0 radical (unpaired) electrons. The number of ketones is 1. The molecule has 2 aromatic heterocycles. The highest BCUT2D eigenvalue weighted by Crippen LogP contribution is 2.30. The molecule has 0 aliphatic carbocycles. The van der Waals surface area contributed by atoms with E-state index >= 15 is 0 Å². The number of fused-ring (bicyclic) bond motifs is 2. The molecule has 0 saturated heterocycles. The zero-order valence-corrected chi connectivity index (χ0v) is 13.2. The molecule has 8 heteroatoms. The number of amides is 1. The number of Topliss-reactive ketones (excluding diaryl/α,β-unsaturated/α-hetero) is 1. The van der Waals surface area contributed by atoms with E-state index in [0.29, 0.717) is 28.2 Å². The van der Waals surface area contributed by atoms with Crippen molar-refractivity contribution in [1.82, 2.24) is 9.55 Å². The van der Waals surface area contributed by atoms with Crippen molar-refractivity contribution >= 4 is 28.6 Å². The Balaban J connectivity index is 1.66. The van der Waals surface area contributed by atoms with E-state index in [1.54, 1.807) is 31.2 Å². The van der Waals surface area contributed by atoms with Gasteiger partial charge in [-0.25, -0.2) is 9.78 Å². The Kier molecular flexibility index (Phi) is 3.38. The second-order valence-electron chi connectivity index (χ2n) is 5.66. The van der Waals surface area contributed by atoms with Crippen molar-refractivity contribution in [2.24, 2.45) is 0 Å². The Hall–Kier alpha value is -3.42. The summed E-state index contributed by atoms with van der Waals surface area (Å²) in [4.78, 5) is 40.3. The van der Waals surface area contributed by atoms with E-state index in [1.807, 2.05) is 0 Å². The molecular formula is C17H13N3O5. The van der Waals surface area contributed by atoms with Gasteiger partial charge in [-0.1, -0.05) is 0 Å². The van der Waals surface area contributed by atoms with E-state index in [2.05, 4.69) is 10.3 Å². The van der Waals surface area contributed by atoms with Crippen LogP contribution in [0.15, 0.2) is 45.7 Å². The van der Waals surface area contributed by atoms with Crippen LogP contribution in [0.4, 0.5) is 5.69 Å². The molecule has 1 aromatic carbocycles. The number of nitrogens with one attached hydrogen (secondary N) is 1. The van der Waals surface area contributed by atoms with Crippen LogP contribution in [0.5, 0.6) is 5.75 Å². The van der Waals surface area contributed by atoms with Gasteiger partial charge in [-0.2, -0.15) is 0 Å². The Morgan fingerprint density at radius 1 is 1.32 bits per heavy atom. The Morgan fingerprint density at radius 2 is 2.16 bits per heavy atom. The quantitative estimate of drug-likeness (QED) is 0.727. The number of pyridine rings is 1. The summed E-state index contributed by atoms with van der Waals surface area (Å²) in [6, 6.07) is 7.99. The number of nitrogens with zero attached hydrogens (tertiary/aromatic N) is 2. The molecule has 0 spiro atoms. The minimum atomic E-state index is -0.648. The van der Waals surface area contributed by atoms with Gasteiger partial charge < -0.3 is 14.5 Å². The number of oxazole rings is 1. The van der Waals surface area contributed by atoms with Crippen LogP contribution in [-0.4, -0.2) is 27.3 Å². The summed E-state index contributed by atoms with van der Waals surface area (Å²) >= 11 is 0. The van der Waals surface area contributed by atoms with Crippen molar-refractivity contribution in [1.29, 1.82) is 0 Å². The third-order valence-corrected chi connectivity index (χ3v) is 3.96. The SMILES string of the molecule is CC1Oc2ccc(C(=O)Cn3c(=O)oc4cccnc43)cc2NC1=O. The van der Waals surface area contributed by atoms with Crippen molar-refractivity contribution in [3.8, 4) is 5.75 Å². The van der Waals surface area contributed by atoms with Crippen LogP contribution in [0.1, 0.15) is 17.3 Å². The fourth-order valence-corrected chi connectivity index (χ4v) is 2.66. The van der Waals surface area contributed by atoms with Crippen molar-refractivity contribution in [2.45, 2.75) is 19.6 Å². The fraction of sp³-hybridized carbons (Fsp3) is 0.176. The first kappa shape index (κ1) is 15.1. The van der Waals surface area contributed by atoms with E-state index in [0.717, 1.165) is 0 Å². The molecule has 1 atom stereocenters. The van der Waals surface area contributed by atoms with Gasteiger partial charge in [-0.05, 0) is 37.3 Å². The molecule has 3 aromatic rings. The smallest absolute Gasteiger partial charge is 0.421 e. The Bertz CT molecular complexity index is 1070. The zero-order valence-electron chi connectivity index (χ0n) is 13.2. The number of hydrogen-bond acceptors (Lipinski definition) is 6. The van der Waals surface area contributed by atoms with Gasteiger partial charge in [0.15, 0.2) is 23.1 Å². The summed E-state index contributed by atoms with van der Waals surface area (Å²) in [6.07, 6.45) is 0.932. The Morgan fingerprint density at radius 3 is 3.00 bits per heavy atom. The van der Waals surface area contributed by atoms with Crippen molar-refractivity contribution in [3.63, 3.8) is 0 Å². The predicted octanol–water partition coefficient (Wildman–Crippen LogP) is 1.59. The molecule has 1 aliphatic rings. The average molecular weight is 339 g/mol. The number of ether oxygens (including phenoxy) is 1. The highest BCUT2D eigenvalue weighted by atomic mass is 16.5. The van der Waals surface area contributed by atoms with Gasteiger partial charge in [-0.15, -0.1) is 0 Å². The number of rotatable bonds is 3. The lowest BCUT2D eigenvalue weighted by molar-refractivity contribution is -0.122. The normalized spacial score (nSPS) is 16.2. The Labute approximate surface area is 141 Å². The van der Waals surface area contributed by atoms with E-state index in [-0.39, 0.29) is 18.2 Å². The first-order chi connectivity index (χ1) is 12.0. The highest BCUT2D eigenvalue weighted by molar-refractivity contribution is 6.01. The molecule has 3 heterocycles. The number of hydrogen-bond donors (Lipinski definition) is 1. The van der Waals surface area contributed by atoms with Gasteiger partial charge in [0.1, 0.15) is 5.75 Å². The van der Waals surface area contributed by atoms with Crippen LogP contribution in [0.2, 0.25) is 0 Å². The fourth-order valence-electron chi connectivity index (χ4n) is 2.66. The lowest BCUT2D eigenvalue weighted by Crippen LogP contribution is -2.34. The minimum Gasteiger partial charge on any atom is -0.479 e. The van der Waals surface area contributed by atoms with Crippen LogP contribution < -0.4 is 15.8 Å². The van der Waals surface area contributed by atoms with Crippen LogP contribution in [0, 0.1) is 0 Å². The summed E-state index contributed by atoms with van der Waals surface area (Å²) in [5.74, 6) is -0.744. The summed E-state index contributed by atoms with van der Waals surface area (Å²) in [5, 5.41) is 2.69. The highest BCUT2D eigenvalue weighted by Gasteiger charge is 2.24. The predicted molar refractivity (Wildman–Crippen MR) is 87.8 cm³/mol. The molecule has 1 N–H and O–H groups in total. The second-order valence-corrected chi connectivity index (χ2v) is 5.66. The maximum Gasteiger partial charge on any atom is 0.421 e.